The molecule has 0 unspecified atom stereocenters. The van der Waals surface area contributed by atoms with Crippen LogP contribution in [0.5, 0.6) is 0 Å². The number of aromatic nitrogens is 1. The average molecular weight is 180 g/mol. The molecule has 2 nitrogen and oxygen atoms in total. The van der Waals surface area contributed by atoms with Crippen molar-refractivity contribution < 1.29 is 0 Å². The van der Waals surface area contributed by atoms with Crippen molar-refractivity contribution in [2.24, 2.45) is 0 Å². The maximum Gasteiger partial charge on any atom is 0.0427 e. The number of rotatable bonds is 1. The highest BCUT2D eigenvalue weighted by Gasteiger charge is 2.14. The molecule has 0 bridgehead atoms. The highest BCUT2D eigenvalue weighted by molar-refractivity contribution is 7.99. The highest BCUT2D eigenvalue weighted by Crippen LogP contribution is 2.20. The molecule has 1 aliphatic rings. The predicted molar refractivity (Wildman–Crippen MR) is 52.3 cm³/mol. The summed E-state index contributed by atoms with van der Waals surface area (Å²) < 4.78 is 0. The molecule has 1 atom stereocenters. The second-order valence-corrected chi connectivity index (χ2v) is 4.02. The Morgan fingerprint density at radius 1 is 1.58 bits per heavy atom. The summed E-state index contributed by atoms with van der Waals surface area (Å²) in [5, 5.41) is 3.47. The third-order valence-electron chi connectivity index (χ3n) is 2.01. The van der Waals surface area contributed by atoms with Crippen LogP contribution in [0.2, 0.25) is 0 Å². The zero-order valence-corrected chi connectivity index (χ0v) is 7.68. The summed E-state index contributed by atoms with van der Waals surface area (Å²) in [6.45, 7) is 1.12. The molecule has 2 heterocycles. The van der Waals surface area contributed by atoms with Crippen molar-refractivity contribution in [1.29, 1.82) is 0 Å². The molecular weight excluding hydrogens is 168 g/mol. The Morgan fingerprint density at radius 3 is 3.25 bits per heavy atom. The van der Waals surface area contributed by atoms with E-state index in [0.717, 1.165) is 6.54 Å². The lowest BCUT2D eigenvalue weighted by atomic mass is 10.1. The van der Waals surface area contributed by atoms with E-state index in [1.54, 1.807) is 0 Å². The Morgan fingerprint density at radius 2 is 2.58 bits per heavy atom. The average Bonchev–Trinajstić information content (AvgIpc) is 2.21. The van der Waals surface area contributed by atoms with Gasteiger partial charge < -0.3 is 5.32 Å². The van der Waals surface area contributed by atoms with Crippen LogP contribution in [0.4, 0.5) is 0 Å². The fourth-order valence-corrected chi connectivity index (χ4v) is 2.34. The molecule has 1 aliphatic heterocycles. The van der Waals surface area contributed by atoms with E-state index in [9.17, 15) is 0 Å². The molecule has 12 heavy (non-hydrogen) atoms. The van der Waals surface area contributed by atoms with Crippen molar-refractivity contribution in [1.82, 2.24) is 10.3 Å². The first-order chi connectivity index (χ1) is 5.97. The van der Waals surface area contributed by atoms with E-state index in [0.29, 0.717) is 6.04 Å². The Bertz CT molecular complexity index is 232. The summed E-state index contributed by atoms with van der Waals surface area (Å²) >= 11 is 2.01. The number of nitrogens with zero attached hydrogens (tertiary/aromatic N) is 1. The second-order valence-electron chi connectivity index (χ2n) is 2.87. The summed E-state index contributed by atoms with van der Waals surface area (Å²) in [6, 6.07) is 4.64. The van der Waals surface area contributed by atoms with Gasteiger partial charge in [0.25, 0.3) is 0 Å². The van der Waals surface area contributed by atoms with Gasteiger partial charge in [-0.05, 0) is 11.6 Å². The van der Waals surface area contributed by atoms with Crippen molar-refractivity contribution in [3.05, 3.63) is 30.1 Å². The normalized spacial score (nSPS) is 23.8. The van der Waals surface area contributed by atoms with E-state index in [1.165, 1.54) is 17.1 Å². The van der Waals surface area contributed by atoms with Crippen LogP contribution in [0.15, 0.2) is 24.5 Å². The summed E-state index contributed by atoms with van der Waals surface area (Å²) in [5.41, 5.74) is 1.31. The minimum atomic E-state index is 0.512. The van der Waals surface area contributed by atoms with Crippen molar-refractivity contribution in [2.45, 2.75) is 6.04 Å². The fraction of sp³-hybridized carbons (Fsp3) is 0.444. The fourth-order valence-electron chi connectivity index (χ4n) is 1.36. The molecule has 0 spiro atoms. The molecule has 1 aromatic rings. The molecule has 3 heteroatoms. The van der Waals surface area contributed by atoms with E-state index in [2.05, 4.69) is 16.4 Å². The first kappa shape index (κ1) is 8.08. The molecule has 0 saturated carbocycles. The van der Waals surface area contributed by atoms with Gasteiger partial charge in [-0.2, -0.15) is 11.8 Å². The topological polar surface area (TPSA) is 24.9 Å². The maximum atomic E-state index is 4.11. The Hall–Kier alpha value is -0.540. The minimum absolute atomic E-state index is 0.512. The minimum Gasteiger partial charge on any atom is -0.308 e. The Balaban J connectivity index is 2.08. The molecular formula is C9H12N2S. The van der Waals surface area contributed by atoms with Crippen LogP contribution in [0.1, 0.15) is 11.6 Å². The van der Waals surface area contributed by atoms with Gasteiger partial charge in [0.1, 0.15) is 0 Å². The lowest BCUT2D eigenvalue weighted by molar-refractivity contribution is 0.593. The molecule has 0 aliphatic carbocycles. The monoisotopic (exact) mass is 180 g/mol. The second kappa shape index (κ2) is 3.92. The number of pyridine rings is 1. The molecule has 1 aromatic heterocycles. The van der Waals surface area contributed by atoms with Gasteiger partial charge >= 0.3 is 0 Å². The van der Waals surface area contributed by atoms with Gasteiger partial charge in [0.15, 0.2) is 0 Å². The molecule has 2 rings (SSSR count). The molecule has 1 fully saturated rings. The quantitative estimate of drug-likeness (QED) is 0.708. The van der Waals surface area contributed by atoms with Crippen LogP contribution in [0.25, 0.3) is 0 Å². The Labute approximate surface area is 76.8 Å². The first-order valence-corrected chi connectivity index (χ1v) is 5.33. The SMILES string of the molecule is c1cncc([C@H]2CSCCN2)c1. The number of hydrogen-bond donors (Lipinski definition) is 1. The smallest absolute Gasteiger partial charge is 0.0427 e. The standard InChI is InChI=1S/C9H12N2S/c1-2-8(6-10-3-1)9-7-12-5-4-11-9/h1-3,6,9,11H,4-5,7H2/t9-/m1/s1. The summed E-state index contributed by atoms with van der Waals surface area (Å²) in [4.78, 5) is 4.11. The van der Waals surface area contributed by atoms with Gasteiger partial charge in [0, 0.05) is 36.5 Å². The molecule has 64 valence electrons. The van der Waals surface area contributed by atoms with Crippen molar-refractivity contribution >= 4 is 11.8 Å². The molecule has 0 aromatic carbocycles. The van der Waals surface area contributed by atoms with Crippen molar-refractivity contribution in [2.75, 3.05) is 18.1 Å². The third-order valence-corrected chi connectivity index (χ3v) is 3.07. The molecule has 1 saturated heterocycles. The number of nitrogens with one attached hydrogen (secondary N) is 1. The van der Waals surface area contributed by atoms with E-state index < -0.39 is 0 Å². The van der Waals surface area contributed by atoms with Crippen LogP contribution in [-0.4, -0.2) is 23.0 Å². The molecule has 0 radical (unpaired) electrons. The third kappa shape index (κ3) is 1.79. The van der Waals surface area contributed by atoms with Gasteiger partial charge in [-0.15, -0.1) is 0 Å². The summed E-state index contributed by atoms with van der Waals surface area (Å²) in [5.74, 6) is 2.41. The Kier molecular flexibility index (Phi) is 2.64. The van der Waals surface area contributed by atoms with Gasteiger partial charge in [-0.25, -0.2) is 0 Å². The molecule has 0 amide bonds. The zero-order chi connectivity index (χ0) is 8.23. The summed E-state index contributed by atoms with van der Waals surface area (Å²) in [6.07, 6.45) is 3.77. The maximum absolute atomic E-state index is 4.11. The lowest BCUT2D eigenvalue weighted by Gasteiger charge is -2.22. The van der Waals surface area contributed by atoms with E-state index >= 15 is 0 Å². The van der Waals surface area contributed by atoms with Crippen molar-refractivity contribution in [3.8, 4) is 0 Å². The number of thioether (sulfide) groups is 1. The summed E-state index contributed by atoms with van der Waals surface area (Å²) in [7, 11) is 0. The zero-order valence-electron chi connectivity index (χ0n) is 6.86. The van der Waals surface area contributed by atoms with Crippen LogP contribution in [0, 0.1) is 0 Å². The number of hydrogen-bond acceptors (Lipinski definition) is 3. The molecule has 1 N–H and O–H groups in total. The van der Waals surface area contributed by atoms with E-state index in [1.807, 2.05) is 30.2 Å². The van der Waals surface area contributed by atoms with E-state index in [4.69, 9.17) is 0 Å². The van der Waals surface area contributed by atoms with Gasteiger partial charge in [-0.3, -0.25) is 4.98 Å². The van der Waals surface area contributed by atoms with Crippen molar-refractivity contribution in [3.63, 3.8) is 0 Å². The first-order valence-electron chi connectivity index (χ1n) is 4.18. The van der Waals surface area contributed by atoms with Gasteiger partial charge in [0.2, 0.25) is 0 Å². The predicted octanol–water partition coefficient (Wildman–Crippen LogP) is 1.46. The van der Waals surface area contributed by atoms with Crippen LogP contribution in [-0.2, 0) is 0 Å². The largest absolute Gasteiger partial charge is 0.308 e. The van der Waals surface area contributed by atoms with Gasteiger partial charge in [0.05, 0.1) is 0 Å². The van der Waals surface area contributed by atoms with E-state index in [-0.39, 0.29) is 0 Å². The van der Waals surface area contributed by atoms with Crippen LogP contribution in [0.3, 0.4) is 0 Å². The van der Waals surface area contributed by atoms with Gasteiger partial charge in [-0.1, -0.05) is 6.07 Å². The lowest BCUT2D eigenvalue weighted by Crippen LogP contribution is -2.30. The van der Waals surface area contributed by atoms with Crippen LogP contribution < -0.4 is 5.32 Å². The highest BCUT2D eigenvalue weighted by atomic mass is 32.2. The van der Waals surface area contributed by atoms with Crippen LogP contribution >= 0.6 is 11.8 Å².